The van der Waals surface area contributed by atoms with Crippen LogP contribution in [0.15, 0.2) is 29.1 Å². The zero-order valence-corrected chi connectivity index (χ0v) is 26.9. The number of aliphatic carboxylic acids is 1. The molecule has 0 bridgehead atoms. The second kappa shape index (κ2) is 16.8. The van der Waals surface area contributed by atoms with Gasteiger partial charge in [0.25, 0.3) is 0 Å². The first-order valence-electron chi connectivity index (χ1n) is 14.7. The highest BCUT2D eigenvalue weighted by atomic mass is 32.2. The number of ether oxygens (including phenoxy) is 3. The molecule has 2 aromatic carbocycles. The van der Waals surface area contributed by atoms with Gasteiger partial charge in [-0.25, -0.2) is 0 Å². The molecule has 44 heavy (non-hydrogen) atoms. The molecule has 2 atom stereocenters. The highest BCUT2D eigenvalue weighted by molar-refractivity contribution is 7.98. The zero-order chi connectivity index (χ0) is 32.2. The third-order valence-corrected chi connectivity index (χ3v) is 8.18. The molecule has 3 rings (SSSR count). The number of anilines is 1. The molecule has 0 heterocycles. The van der Waals surface area contributed by atoms with Gasteiger partial charge < -0.3 is 35.3 Å². The Morgan fingerprint density at radius 1 is 1.05 bits per heavy atom. The Morgan fingerprint density at radius 3 is 2.43 bits per heavy atom. The van der Waals surface area contributed by atoms with E-state index in [-0.39, 0.29) is 29.4 Å². The van der Waals surface area contributed by atoms with Gasteiger partial charge in [-0.15, -0.1) is 0 Å². The molecule has 1 aliphatic carbocycles. The summed E-state index contributed by atoms with van der Waals surface area (Å²) in [4.78, 5) is 49.8. The van der Waals surface area contributed by atoms with E-state index in [1.54, 1.807) is 32.0 Å². The van der Waals surface area contributed by atoms with Gasteiger partial charge in [-0.1, -0.05) is 12.5 Å². The molecular weight excluding hydrogens is 586 g/mol. The van der Waals surface area contributed by atoms with Crippen LogP contribution in [0.25, 0.3) is 11.1 Å². The Labute approximate surface area is 262 Å². The average molecular weight is 630 g/mol. The minimum atomic E-state index is -0.832. The van der Waals surface area contributed by atoms with Crippen molar-refractivity contribution in [2.75, 3.05) is 45.2 Å². The molecule has 2 unspecified atom stereocenters. The second-order valence-corrected chi connectivity index (χ2v) is 11.6. The predicted molar refractivity (Wildman–Crippen MR) is 172 cm³/mol. The molecule has 1 aliphatic rings. The lowest BCUT2D eigenvalue weighted by Crippen LogP contribution is -2.41. The smallest absolute Gasteiger partial charge is 0.303 e. The van der Waals surface area contributed by atoms with Crippen LogP contribution in [0.1, 0.15) is 62.6 Å². The van der Waals surface area contributed by atoms with Crippen LogP contribution in [-0.4, -0.2) is 68.8 Å². The largest absolute Gasteiger partial charge is 0.493 e. The van der Waals surface area contributed by atoms with E-state index in [1.165, 1.54) is 20.1 Å². The minimum absolute atomic E-state index is 0.104. The number of carbonyl (C=O) groups is 3. The minimum Gasteiger partial charge on any atom is -0.493 e. The molecule has 2 amide bonds. The fraction of sp³-hybridized carbons (Fsp3) is 0.500. The monoisotopic (exact) mass is 629 g/mol. The molecule has 0 spiro atoms. The summed E-state index contributed by atoms with van der Waals surface area (Å²) >= 11 is 1.60. The van der Waals surface area contributed by atoms with Crippen molar-refractivity contribution < 1.29 is 33.7 Å². The summed E-state index contributed by atoms with van der Waals surface area (Å²) in [5, 5.41) is 17.9. The maximum Gasteiger partial charge on any atom is 0.303 e. The summed E-state index contributed by atoms with van der Waals surface area (Å²) in [5.41, 5.74) is 2.93. The lowest BCUT2D eigenvalue weighted by atomic mass is 9.95. The van der Waals surface area contributed by atoms with Crippen molar-refractivity contribution >= 4 is 35.2 Å². The van der Waals surface area contributed by atoms with E-state index < -0.39 is 18.1 Å². The molecule has 4 N–H and O–H groups in total. The summed E-state index contributed by atoms with van der Waals surface area (Å²) in [5.74, 6) is 0.805. The molecule has 11 nitrogen and oxygen atoms in total. The third-order valence-electron chi connectivity index (χ3n) is 7.54. The number of aryl methyl sites for hydroxylation is 1. The predicted octanol–water partition coefficient (Wildman–Crippen LogP) is 4.16. The summed E-state index contributed by atoms with van der Waals surface area (Å²) in [6.45, 7) is 1.86. The van der Waals surface area contributed by atoms with Crippen LogP contribution in [0.5, 0.6) is 17.2 Å². The van der Waals surface area contributed by atoms with Gasteiger partial charge in [0.05, 0.1) is 33.1 Å². The van der Waals surface area contributed by atoms with E-state index in [0.717, 1.165) is 11.1 Å². The van der Waals surface area contributed by atoms with Crippen molar-refractivity contribution in [3.8, 4) is 28.4 Å². The van der Waals surface area contributed by atoms with Crippen molar-refractivity contribution in [1.82, 2.24) is 10.6 Å². The molecule has 12 heteroatoms. The lowest BCUT2D eigenvalue weighted by molar-refractivity contribution is -0.137. The molecular formula is C32H43N3O8S. The van der Waals surface area contributed by atoms with Crippen molar-refractivity contribution in [2.45, 2.75) is 64.0 Å². The quantitative estimate of drug-likeness (QED) is 0.199. The highest BCUT2D eigenvalue weighted by Gasteiger charge is 2.30. The maximum atomic E-state index is 13.7. The van der Waals surface area contributed by atoms with Gasteiger partial charge >= 0.3 is 5.97 Å². The van der Waals surface area contributed by atoms with E-state index in [4.69, 9.17) is 19.3 Å². The number of rotatable bonds is 16. The van der Waals surface area contributed by atoms with Gasteiger partial charge in [0, 0.05) is 25.5 Å². The molecule has 240 valence electrons. The number of hydrogen-bond donors (Lipinski definition) is 4. The summed E-state index contributed by atoms with van der Waals surface area (Å²) in [6, 6.07) is 5.80. The van der Waals surface area contributed by atoms with E-state index in [9.17, 15) is 19.2 Å². The number of unbranched alkanes of at least 4 members (excludes halogenated alkanes) is 2. The Bertz CT molecular complexity index is 1400. The van der Waals surface area contributed by atoms with E-state index in [2.05, 4.69) is 16.0 Å². The van der Waals surface area contributed by atoms with E-state index in [0.29, 0.717) is 79.2 Å². The van der Waals surface area contributed by atoms with E-state index in [1.807, 2.05) is 18.4 Å². The number of fused-ring (bicyclic) bond motifs is 3. The Balaban J connectivity index is 2.03. The first-order valence-corrected chi connectivity index (χ1v) is 16.1. The summed E-state index contributed by atoms with van der Waals surface area (Å²) in [6.07, 6.45) is 5.57. The van der Waals surface area contributed by atoms with Crippen LogP contribution in [-0.2, 0) is 20.8 Å². The normalized spacial score (nSPS) is 14.2. The molecule has 0 saturated carbocycles. The first kappa shape index (κ1) is 34.6. The summed E-state index contributed by atoms with van der Waals surface area (Å²) in [7, 11) is 4.63. The number of amides is 2. The summed E-state index contributed by atoms with van der Waals surface area (Å²) < 4.78 is 17.1. The third kappa shape index (κ3) is 8.81. The van der Waals surface area contributed by atoms with Gasteiger partial charge in [0.1, 0.15) is 6.04 Å². The molecule has 0 fully saturated rings. The van der Waals surface area contributed by atoms with Gasteiger partial charge in [0.2, 0.25) is 23.0 Å². The number of carboxylic acids is 1. The molecule has 0 aliphatic heterocycles. The highest BCUT2D eigenvalue weighted by Crippen LogP contribution is 2.50. The zero-order valence-electron chi connectivity index (χ0n) is 26.0. The second-order valence-electron chi connectivity index (χ2n) is 10.6. The standard InChI is InChI=1S/C32H43N3O8S/c1-19(36)34-23-12-10-20-17-27(41-2)30(42-3)31(43-4)29(20)21-11-13-24(26(37)18-22(21)23)35-25(14-16-44-5)32(40)33-15-8-6-7-9-28(38)39/h11,13,17-18,23,25H,6-10,12,14-16H2,1-5H3,(H,33,40)(H,34,36)(H,35,37)(H,38,39). The van der Waals surface area contributed by atoms with E-state index >= 15 is 0 Å². The van der Waals surface area contributed by atoms with Crippen LogP contribution in [0.4, 0.5) is 5.69 Å². The number of carboxylic acid groups (broad SMARTS) is 1. The van der Waals surface area contributed by atoms with Crippen LogP contribution >= 0.6 is 11.8 Å². The number of carbonyl (C=O) groups excluding carboxylic acids is 2. The number of thioether (sulfide) groups is 1. The SMILES string of the molecule is COc1cc2c(c(OC)c1OC)-c1ccc(NC(CCSC)C(=O)NCCCCCC(=O)O)c(=O)cc1C(NC(C)=O)CC2. The van der Waals surface area contributed by atoms with Crippen molar-refractivity contribution in [1.29, 1.82) is 0 Å². The molecule has 0 aromatic heterocycles. The first-order chi connectivity index (χ1) is 21.1. The van der Waals surface area contributed by atoms with Crippen molar-refractivity contribution in [2.24, 2.45) is 0 Å². The lowest BCUT2D eigenvalue weighted by Gasteiger charge is -2.19. The molecule has 0 radical (unpaired) electrons. The van der Waals surface area contributed by atoms with Gasteiger partial charge in [0.15, 0.2) is 11.5 Å². The molecule has 2 aromatic rings. The van der Waals surface area contributed by atoms with Gasteiger partial charge in [-0.3, -0.25) is 19.2 Å². The fourth-order valence-corrected chi connectivity index (χ4v) is 5.90. The number of hydrogen-bond acceptors (Lipinski definition) is 9. The maximum absolute atomic E-state index is 13.7. The number of methoxy groups -OCH3 is 3. The van der Waals surface area contributed by atoms with Gasteiger partial charge in [-0.05, 0) is 79.0 Å². The van der Waals surface area contributed by atoms with Crippen LogP contribution in [0, 0.1) is 0 Å². The number of nitrogens with one attached hydrogen (secondary N) is 3. The Kier molecular flexibility index (Phi) is 13.2. The molecule has 0 saturated heterocycles. The Morgan fingerprint density at radius 2 is 1.80 bits per heavy atom. The topological polar surface area (TPSA) is 152 Å². The average Bonchev–Trinajstić information content (AvgIpc) is 3.23. The van der Waals surface area contributed by atoms with Crippen LogP contribution in [0.2, 0.25) is 0 Å². The number of benzene rings is 1. The van der Waals surface area contributed by atoms with Gasteiger partial charge in [-0.2, -0.15) is 11.8 Å². The van der Waals surface area contributed by atoms with Crippen molar-refractivity contribution in [3.05, 3.63) is 45.6 Å². The van der Waals surface area contributed by atoms with Crippen LogP contribution in [0.3, 0.4) is 0 Å². The fourth-order valence-electron chi connectivity index (χ4n) is 5.43. The van der Waals surface area contributed by atoms with Crippen molar-refractivity contribution in [3.63, 3.8) is 0 Å². The van der Waals surface area contributed by atoms with Crippen LogP contribution < -0.4 is 35.6 Å². The Hall–Kier alpha value is -3.93.